The Hall–Kier alpha value is -2.30. The molecule has 1 rings (SSSR count). The van der Waals surface area contributed by atoms with Crippen LogP contribution in [0.5, 0.6) is 0 Å². The van der Waals surface area contributed by atoms with Crippen LogP contribution in [0.25, 0.3) is 0 Å². The summed E-state index contributed by atoms with van der Waals surface area (Å²) >= 11 is 0. The number of hydrogen-bond acceptors (Lipinski definition) is 4. The first kappa shape index (κ1) is 28.5. The lowest BCUT2D eigenvalue weighted by Gasteiger charge is -1.97. The number of Topliss-reactive ketones (excluding diaryl/α,β-unsaturated/α-hetero) is 3. The van der Waals surface area contributed by atoms with Gasteiger partial charge in [0.05, 0.1) is 5.92 Å². The van der Waals surface area contributed by atoms with Crippen molar-refractivity contribution in [3.63, 3.8) is 0 Å². The fraction of sp³-hybridized carbons (Fsp3) is 0.524. The van der Waals surface area contributed by atoms with Gasteiger partial charge >= 0.3 is 5.97 Å². The molecule has 0 spiro atoms. The van der Waals surface area contributed by atoms with E-state index in [1.54, 1.807) is 27.7 Å². The number of benzene rings is 1. The van der Waals surface area contributed by atoms with E-state index in [2.05, 4.69) is 6.92 Å². The highest BCUT2D eigenvalue weighted by atomic mass is 16.4. The van der Waals surface area contributed by atoms with Gasteiger partial charge in [-0.3, -0.25) is 9.59 Å². The molecule has 5 nitrogen and oxygen atoms in total. The summed E-state index contributed by atoms with van der Waals surface area (Å²) in [5.74, 6) is -0.419. The van der Waals surface area contributed by atoms with E-state index >= 15 is 0 Å². The average Bonchev–Trinajstić information content (AvgIpc) is 2.55. The molecular weight excluding hydrogens is 332 g/mol. The van der Waals surface area contributed by atoms with Crippen LogP contribution in [0.2, 0.25) is 0 Å². The zero-order valence-electron chi connectivity index (χ0n) is 17.4. The van der Waals surface area contributed by atoms with Crippen LogP contribution in [0.3, 0.4) is 0 Å². The Morgan fingerprint density at radius 2 is 1.19 bits per heavy atom. The maximum Gasteiger partial charge on any atom is 0.305 e. The first-order valence-corrected chi connectivity index (χ1v) is 8.68. The maximum absolute atomic E-state index is 10.8. The molecule has 0 radical (unpaired) electrons. The SMILES string of the molecule is CC(C)=O.CC(C)C(=O)O.CCC(C)=O.CCc1ccc(C(C)=O)cc1. The summed E-state index contributed by atoms with van der Waals surface area (Å²) in [7, 11) is 0. The fourth-order valence-corrected chi connectivity index (χ4v) is 0.975. The third kappa shape index (κ3) is 24.0. The van der Waals surface area contributed by atoms with Crippen LogP contribution < -0.4 is 0 Å². The normalized spacial score (nSPS) is 8.65. The van der Waals surface area contributed by atoms with E-state index in [0.717, 1.165) is 12.0 Å². The van der Waals surface area contributed by atoms with Crippen LogP contribution >= 0.6 is 0 Å². The van der Waals surface area contributed by atoms with E-state index in [9.17, 15) is 19.2 Å². The van der Waals surface area contributed by atoms with Crippen molar-refractivity contribution in [1.29, 1.82) is 0 Å². The number of rotatable bonds is 4. The lowest BCUT2D eigenvalue weighted by Crippen LogP contribution is -2.03. The molecule has 0 atom stereocenters. The van der Waals surface area contributed by atoms with Crippen molar-refractivity contribution >= 4 is 23.3 Å². The lowest BCUT2D eigenvalue weighted by atomic mass is 10.1. The smallest absolute Gasteiger partial charge is 0.305 e. The van der Waals surface area contributed by atoms with Gasteiger partial charge in [0.1, 0.15) is 11.6 Å². The number of carbonyl (C=O) groups excluding carboxylic acids is 3. The molecule has 0 unspecified atom stereocenters. The largest absolute Gasteiger partial charge is 0.481 e. The summed E-state index contributed by atoms with van der Waals surface area (Å²) in [6.45, 7) is 13.5. The number of carboxylic acids is 1. The molecule has 0 saturated carbocycles. The van der Waals surface area contributed by atoms with Crippen LogP contribution in [0.4, 0.5) is 0 Å². The van der Waals surface area contributed by atoms with Gasteiger partial charge in [-0.05, 0) is 39.7 Å². The van der Waals surface area contributed by atoms with E-state index in [4.69, 9.17) is 5.11 Å². The minimum absolute atomic E-state index is 0.132. The van der Waals surface area contributed by atoms with Crippen molar-refractivity contribution in [1.82, 2.24) is 0 Å². The zero-order chi connectivity index (χ0) is 21.3. The minimum Gasteiger partial charge on any atom is -0.481 e. The molecule has 0 aliphatic heterocycles. The Balaban J connectivity index is -0.000000301. The van der Waals surface area contributed by atoms with Crippen molar-refractivity contribution in [2.75, 3.05) is 0 Å². The summed E-state index contributed by atoms with van der Waals surface area (Å²) in [4.78, 5) is 39.8. The van der Waals surface area contributed by atoms with Crippen LogP contribution in [-0.4, -0.2) is 28.4 Å². The van der Waals surface area contributed by atoms with Gasteiger partial charge in [0.15, 0.2) is 5.78 Å². The summed E-state index contributed by atoms with van der Waals surface area (Å²) in [6.07, 6.45) is 1.69. The van der Waals surface area contributed by atoms with Gasteiger partial charge in [-0.15, -0.1) is 0 Å². The van der Waals surface area contributed by atoms with Gasteiger partial charge in [0.25, 0.3) is 0 Å². The third-order valence-electron chi connectivity index (χ3n) is 2.76. The number of aliphatic carboxylic acids is 1. The average molecular weight is 366 g/mol. The second-order valence-corrected chi connectivity index (χ2v) is 6.06. The molecule has 0 fully saturated rings. The number of hydrogen-bond donors (Lipinski definition) is 1. The first-order chi connectivity index (χ1) is 11.9. The fourth-order valence-electron chi connectivity index (χ4n) is 0.975. The van der Waals surface area contributed by atoms with E-state index < -0.39 is 5.97 Å². The number of aryl methyl sites for hydroxylation is 1. The number of carbonyl (C=O) groups is 4. The molecule has 0 heterocycles. The molecule has 1 aromatic rings. The molecule has 0 aliphatic carbocycles. The van der Waals surface area contributed by atoms with Crippen molar-refractivity contribution < 1.29 is 24.3 Å². The van der Waals surface area contributed by atoms with E-state index in [-0.39, 0.29) is 23.3 Å². The van der Waals surface area contributed by atoms with Gasteiger partial charge < -0.3 is 14.7 Å². The highest BCUT2D eigenvalue weighted by molar-refractivity contribution is 5.94. The van der Waals surface area contributed by atoms with Crippen molar-refractivity contribution in [2.24, 2.45) is 5.92 Å². The van der Waals surface area contributed by atoms with Crippen LogP contribution in [-0.2, 0) is 20.8 Å². The summed E-state index contributed by atoms with van der Waals surface area (Å²) in [5.41, 5.74) is 2.07. The van der Waals surface area contributed by atoms with Crippen molar-refractivity contribution in [2.45, 2.75) is 68.2 Å². The molecule has 5 heteroatoms. The highest BCUT2D eigenvalue weighted by Crippen LogP contribution is 2.04. The molecule has 0 bridgehead atoms. The van der Waals surface area contributed by atoms with Crippen LogP contribution in [0, 0.1) is 5.92 Å². The van der Waals surface area contributed by atoms with Gasteiger partial charge in [0, 0.05) is 12.0 Å². The van der Waals surface area contributed by atoms with Gasteiger partial charge in [-0.1, -0.05) is 52.0 Å². The van der Waals surface area contributed by atoms with Crippen molar-refractivity contribution in [3.05, 3.63) is 35.4 Å². The van der Waals surface area contributed by atoms with Gasteiger partial charge in [-0.2, -0.15) is 0 Å². The van der Waals surface area contributed by atoms with Gasteiger partial charge in [0.2, 0.25) is 0 Å². The van der Waals surface area contributed by atoms with E-state index in [1.807, 2.05) is 31.2 Å². The molecule has 1 N–H and O–H groups in total. The minimum atomic E-state index is -0.741. The Morgan fingerprint density at radius 3 is 1.35 bits per heavy atom. The summed E-state index contributed by atoms with van der Waals surface area (Å²) < 4.78 is 0. The van der Waals surface area contributed by atoms with Crippen LogP contribution in [0.15, 0.2) is 24.3 Å². The molecular formula is C21H34O5. The second kappa shape index (κ2) is 17.5. The summed E-state index contributed by atoms with van der Waals surface area (Å²) in [5, 5.41) is 7.99. The maximum atomic E-state index is 10.8. The third-order valence-corrected chi connectivity index (χ3v) is 2.76. The predicted octanol–water partition coefficient (Wildman–Crippen LogP) is 4.76. The standard InChI is InChI=1S/C10H12O.C4H8O2.C4H8O.C3H6O/c1-3-9-4-6-10(7-5-9)8(2)11;1-3(2)4(5)6;1-3-4(2)5;1-3(2)4/h4-7H,3H2,1-2H3;3H,1-2H3,(H,5,6);3H2,1-2H3;1-2H3. The number of carboxylic acid groups (broad SMARTS) is 1. The Labute approximate surface area is 157 Å². The second-order valence-electron chi connectivity index (χ2n) is 6.06. The molecule has 0 saturated heterocycles. The van der Waals surface area contributed by atoms with Crippen molar-refractivity contribution in [3.8, 4) is 0 Å². The van der Waals surface area contributed by atoms with E-state index in [0.29, 0.717) is 6.42 Å². The van der Waals surface area contributed by atoms with Crippen LogP contribution in [0.1, 0.15) is 77.7 Å². The Morgan fingerprint density at radius 1 is 0.885 bits per heavy atom. The molecule has 148 valence electrons. The first-order valence-electron chi connectivity index (χ1n) is 8.68. The molecule has 1 aromatic carbocycles. The zero-order valence-corrected chi connectivity index (χ0v) is 17.4. The molecule has 26 heavy (non-hydrogen) atoms. The Kier molecular flexibility index (Phi) is 19.2. The van der Waals surface area contributed by atoms with Gasteiger partial charge in [-0.25, -0.2) is 0 Å². The topological polar surface area (TPSA) is 88.5 Å². The highest BCUT2D eigenvalue weighted by Gasteiger charge is 1.99. The molecule has 0 aromatic heterocycles. The number of ketones is 3. The quantitative estimate of drug-likeness (QED) is 0.776. The lowest BCUT2D eigenvalue weighted by molar-refractivity contribution is -0.140. The van der Waals surface area contributed by atoms with E-state index in [1.165, 1.54) is 19.4 Å². The monoisotopic (exact) mass is 366 g/mol. The Bertz CT molecular complexity index is 538. The predicted molar refractivity (Wildman–Crippen MR) is 106 cm³/mol. The summed E-state index contributed by atoms with van der Waals surface area (Å²) in [6, 6.07) is 7.75. The molecule has 0 aliphatic rings. The molecule has 0 amide bonds.